The second-order valence-corrected chi connectivity index (χ2v) is 8.91. The lowest BCUT2D eigenvalue weighted by Crippen LogP contribution is -2.47. The minimum absolute atomic E-state index is 0.00764. The summed E-state index contributed by atoms with van der Waals surface area (Å²) in [5, 5.41) is 8.01. The minimum atomic E-state index is -0.510. The van der Waals surface area contributed by atoms with Crippen molar-refractivity contribution < 1.29 is 14.3 Å². The summed E-state index contributed by atoms with van der Waals surface area (Å²) >= 11 is 7.70. The summed E-state index contributed by atoms with van der Waals surface area (Å²) in [4.78, 5) is 26.5. The van der Waals surface area contributed by atoms with Crippen LogP contribution in [0, 0.1) is 0 Å². The summed E-state index contributed by atoms with van der Waals surface area (Å²) in [6.45, 7) is 6.65. The maximum atomic E-state index is 12.7. The Hall–Kier alpha value is -1.74. The van der Waals surface area contributed by atoms with Crippen LogP contribution >= 0.6 is 28.7 Å². The van der Waals surface area contributed by atoms with Gasteiger partial charge >= 0.3 is 6.09 Å². The Balaban J connectivity index is 1.61. The van der Waals surface area contributed by atoms with Crippen molar-refractivity contribution in [3.8, 4) is 0 Å². The van der Waals surface area contributed by atoms with E-state index in [2.05, 4.69) is 39.2 Å². The molecule has 0 spiro atoms. The maximum Gasteiger partial charge on any atom is 0.410 e. The fourth-order valence-corrected chi connectivity index (χ4v) is 3.63. The predicted molar refractivity (Wildman–Crippen MR) is 110 cm³/mol. The molecular weight excluding hydrogens is 432 g/mol. The average Bonchev–Trinajstić information content (AvgIpc) is 2.90. The van der Waals surface area contributed by atoms with E-state index in [9.17, 15) is 9.59 Å². The van der Waals surface area contributed by atoms with Crippen molar-refractivity contribution in [1.82, 2.24) is 19.4 Å². The zero-order valence-electron chi connectivity index (χ0n) is 15.5. The van der Waals surface area contributed by atoms with Crippen LogP contribution in [0.5, 0.6) is 0 Å². The number of thiol groups is 1. The number of likely N-dealkylation sites (tertiary alicyclic amines) is 1. The lowest BCUT2D eigenvalue weighted by atomic mass is 10.0. The first kappa shape index (κ1) is 20.0. The number of halogens is 1. The first-order valence-electron chi connectivity index (χ1n) is 8.80. The Morgan fingerprint density at radius 2 is 1.96 bits per heavy atom. The van der Waals surface area contributed by atoms with Crippen LogP contribution in [0.4, 0.5) is 4.79 Å². The van der Waals surface area contributed by atoms with E-state index in [1.165, 1.54) is 4.09 Å². The number of amides is 2. The molecule has 2 aromatic rings. The van der Waals surface area contributed by atoms with Crippen molar-refractivity contribution in [1.29, 1.82) is 0 Å². The van der Waals surface area contributed by atoms with Crippen LogP contribution in [0.15, 0.2) is 22.7 Å². The summed E-state index contributed by atoms with van der Waals surface area (Å²) in [5.74, 6) is -0.231. The highest BCUT2D eigenvalue weighted by Crippen LogP contribution is 2.24. The van der Waals surface area contributed by atoms with E-state index in [0.717, 1.165) is 15.4 Å². The third-order valence-electron chi connectivity index (χ3n) is 4.32. The van der Waals surface area contributed by atoms with Gasteiger partial charge in [-0.25, -0.2) is 8.88 Å². The van der Waals surface area contributed by atoms with Gasteiger partial charge in [0.15, 0.2) is 5.69 Å². The van der Waals surface area contributed by atoms with Gasteiger partial charge in [0.05, 0.1) is 5.52 Å². The van der Waals surface area contributed by atoms with Crippen LogP contribution in [-0.4, -0.2) is 50.8 Å². The molecule has 0 saturated carbocycles. The van der Waals surface area contributed by atoms with Crippen molar-refractivity contribution >= 4 is 51.6 Å². The number of fused-ring (bicyclic) bond motifs is 1. The van der Waals surface area contributed by atoms with Crippen LogP contribution in [0.2, 0.25) is 0 Å². The second-order valence-electron chi connectivity index (χ2n) is 7.61. The number of aromatic nitrogens is 2. The number of carbonyl (C=O) groups is 2. The van der Waals surface area contributed by atoms with Gasteiger partial charge in [-0.15, -0.1) is 0 Å². The molecule has 0 unspecified atom stereocenters. The number of hydrogen-bond donors (Lipinski definition) is 2. The SMILES string of the molecule is CC(C)(C)OC(=O)N1CCC(NC(=O)c2nn(S)c3cc(Br)ccc23)CC1. The maximum absolute atomic E-state index is 12.7. The van der Waals surface area contributed by atoms with Gasteiger partial charge in [-0.1, -0.05) is 15.9 Å². The molecule has 1 saturated heterocycles. The minimum Gasteiger partial charge on any atom is -0.444 e. The summed E-state index contributed by atoms with van der Waals surface area (Å²) in [6, 6.07) is 5.57. The first-order chi connectivity index (χ1) is 12.6. The standard InChI is InChI=1S/C18H23BrN4O3S/c1-18(2,3)26-17(25)22-8-6-12(7-9-22)20-16(24)15-13-5-4-11(19)10-14(13)23(27)21-15/h4-5,10,12,27H,6-9H2,1-3H3,(H,20,24). The number of carbonyl (C=O) groups excluding carboxylic acids is 2. The monoisotopic (exact) mass is 454 g/mol. The fourth-order valence-electron chi connectivity index (χ4n) is 3.03. The van der Waals surface area contributed by atoms with Gasteiger partial charge in [0.2, 0.25) is 0 Å². The van der Waals surface area contributed by atoms with Crippen molar-refractivity contribution in [3.05, 3.63) is 28.4 Å². The number of nitrogens with zero attached hydrogens (tertiary/aromatic N) is 3. The highest BCUT2D eigenvalue weighted by atomic mass is 79.9. The molecule has 146 valence electrons. The van der Waals surface area contributed by atoms with Crippen LogP contribution < -0.4 is 5.32 Å². The molecule has 1 N–H and O–H groups in total. The van der Waals surface area contributed by atoms with Crippen LogP contribution in [0.3, 0.4) is 0 Å². The molecule has 2 heterocycles. The molecule has 27 heavy (non-hydrogen) atoms. The smallest absolute Gasteiger partial charge is 0.410 e. The van der Waals surface area contributed by atoms with E-state index in [0.29, 0.717) is 31.6 Å². The third-order valence-corrected chi connectivity index (χ3v) is 5.12. The van der Waals surface area contributed by atoms with Crippen molar-refractivity contribution in [2.24, 2.45) is 0 Å². The number of benzene rings is 1. The van der Waals surface area contributed by atoms with E-state index in [1.807, 2.05) is 39.0 Å². The van der Waals surface area contributed by atoms with E-state index < -0.39 is 5.60 Å². The van der Waals surface area contributed by atoms with E-state index in [1.54, 1.807) is 4.90 Å². The van der Waals surface area contributed by atoms with Gasteiger partial charge in [0.1, 0.15) is 5.60 Å². The Kier molecular flexibility index (Phi) is 5.71. The van der Waals surface area contributed by atoms with E-state index in [-0.39, 0.29) is 18.0 Å². The fraction of sp³-hybridized carbons (Fsp3) is 0.500. The largest absolute Gasteiger partial charge is 0.444 e. The van der Waals surface area contributed by atoms with Gasteiger partial charge in [-0.2, -0.15) is 5.10 Å². The van der Waals surface area contributed by atoms with E-state index >= 15 is 0 Å². The summed E-state index contributed by atoms with van der Waals surface area (Å²) in [7, 11) is 0. The molecular formula is C18H23BrN4O3S. The van der Waals surface area contributed by atoms with Crippen molar-refractivity contribution in [3.63, 3.8) is 0 Å². The van der Waals surface area contributed by atoms with Gasteiger partial charge in [-0.3, -0.25) is 4.79 Å². The number of rotatable bonds is 2. The zero-order valence-corrected chi connectivity index (χ0v) is 18.0. The number of piperidine rings is 1. The molecule has 1 aliphatic heterocycles. The quantitative estimate of drug-likeness (QED) is 0.679. The topological polar surface area (TPSA) is 76.5 Å². The van der Waals surface area contributed by atoms with Crippen LogP contribution in [-0.2, 0) is 4.74 Å². The molecule has 1 aromatic heterocycles. The van der Waals surface area contributed by atoms with Crippen LogP contribution in [0.1, 0.15) is 44.1 Å². The lowest BCUT2D eigenvalue weighted by Gasteiger charge is -2.33. The molecule has 9 heteroatoms. The van der Waals surface area contributed by atoms with Crippen molar-refractivity contribution in [2.75, 3.05) is 13.1 Å². The zero-order chi connectivity index (χ0) is 19.8. The molecule has 1 aromatic carbocycles. The molecule has 0 atom stereocenters. The highest BCUT2D eigenvalue weighted by molar-refractivity contribution is 9.10. The Morgan fingerprint density at radius 3 is 2.59 bits per heavy atom. The molecule has 7 nitrogen and oxygen atoms in total. The number of nitrogens with one attached hydrogen (secondary N) is 1. The average molecular weight is 455 g/mol. The second kappa shape index (κ2) is 7.71. The summed E-state index contributed by atoms with van der Waals surface area (Å²) in [5.41, 5.74) is 0.601. The van der Waals surface area contributed by atoms with Gasteiger partial charge in [0.25, 0.3) is 5.91 Å². The van der Waals surface area contributed by atoms with Gasteiger partial charge in [-0.05, 0) is 64.6 Å². The molecule has 0 aliphatic carbocycles. The summed E-state index contributed by atoms with van der Waals surface area (Å²) in [6.07, 6.45) is 1.05. The summed E-state index contributed by atoms with van der Waals surface area (Å²) < 4.78 is 7.70. The first-order valence-corrected chi connectivity index (χ1v) is 9.99. The lowest BCUT2D eigenvalue weighted by molar-refractivity contribution is 0.0199. The third kappa shape index (κ3) is 4.76. The molecule has 1 fully saturated rings. The molecule has 1 aliphatic rings. The number of ether oxygens (including phenoxy) is 1. The number of hydrogen-bond acceptors (Lipinski definition) is 5. The van der Waals surface area contributed by atoms with Crippen LogP contribution in [0.25, 0.3) is 10.9 Å². The highest BCUT2D eigenvalue weighted by Gasteiger charge is 2.28. The Bertz CT molecular complexity index is 869. The molecule has 3 rings (SSSR count). The van der Waals surface area contributed by atoms with Gasteiger partial charge < -0.3 is 15.0 Å². The van der Waals surface area contributed by atoms with Gasteiger partial charge in [0, 0.05) is 29.0 Å². The molecule has 0 bridgehead atoms. The van der Waals surface area contributed by atoms with Crippen molar-refractivity contribution in [2.45, 2.75) is 45.3 Å². The Morgan fingerprint density at radius 1 is 1.30 bits per heavy atom. The van der Waals surface area contributed by atoms with E-state index in [4.69, 9.17) is 4.74 Å². The normalized spacial score (nSPS) is 15.8. The molecule has 0 radical (unpaired) electrons. The predicted octanol–water partition coefficient (Wildman–Crippen LogP) is 3.62. The Labute approximate surface area is 172 Å². The molecule has 2 amide bonds.